The quantitative estimate of drug-likeness (QED) is 0.621. The van der Waals surface area contributed by atoms with Crippen molar-refractivity contribution in [2.24, 2.45) is 5.41 Å². The number of fused-ring (bicyclic) bond motifs is 1. The fourth-order valence-electron chi connectivity index (χ4n) is 3.47. The molecule has 3 heterocycles. The van der Waals surface area contributed by atoms with Crippen LogP contribution in [0.5, 0.6) is 0 Å². The summed E-state index contributed by atoms with van der Waals surface area (Å²) in [5.41, 5.74) is 2.07. The first-order valence-corrected chi connectivity index (χ1v) is 11.4. The van der Waals surface area contributed by atoms with Gasteiger partial charge < -0.3 is 15.2 Å². The lowest BCUT2D eigenvalue weighted by Crippen LogP contribution is -2.36. The number of aliphatic hydroxyl groups is 1. The van der Waals surface area contributed by atoms with Gasteiger partial charge in [0.1, 0.15) is 16.5 Å². The molecule has 0 spiro atoms. The number of morpholine rings is 1. The van der Waals surface area contributed by atoms with E-state index in [0.717, 1.165) is 59.3 Å². The first-order valence-electron chi connectivity index (χ1n) is 10.5. The summed E-state index contributed by atoms with van der Waals surface area (Å²) in [4.78, 5) is 13.1. The lowest BCUT2D eigenvalue weighted by molar-refractivity contribution is 0.0331. The molecule has 6 nitrogen and oxygen atoms in total. The van der Waals surface area contributed by atoms with Crippen molar-refractivity contribution in [2.75, 3.05) is 38.2 Å². The third-order valence-electron chi connectivity index (χ3n) is 5.50. The van der Waals surface area contributed by atoms with Gasteiger partial charge in [-0.15, -0.1) is 11.3 Å². The Balaban J connectivity index is 1.70. The average Bonchev–Trinajstić information content (AvgIpc) is 3.16. The van der Waals surface area contributed by atoms with Crippen LogP contribution < -0.4 is 5.32 Å². The van der Waals surface area contributed by atoms with Gasteiger partial charge in [0.15, 0.2) is 0 Å². The maximum Gasteiger partial charge on any atom is 0.146 e. The SMILES string of the molecule is CC(C)(C)C(O)CNc1nc(CN2CCOCC2)nc2scc(-c3ccccc3)c12. The van der Waals surface area contributed by atoms with E-state index in [-0.39, 0.29) is 5.41 Å². The van der Waals surface area contributed by atoms with Crippen molar-refractivity contribution in [3.63, 3.8) is 0 Å². The summed E-state index contributed by atoms with van der Waals surface area (Å²) < 4.78 is 5.46. The van der Waals surface area contributed by atoms with Gasteiger partial charge in [-0.2, -0.15) is 0 Å². The number of anilines is 1. The predicted octanol–water partition coefficient (Wildman–Crippen LogP) is 4.01. The van der Waals surface area contributed by atoms with E-state index in [4.69, 9.17) is 14.7 Å². The number of hydrogen-bond acceptors (Lipinski definition) is 7. The van der Waals surface area contributed by atoms with E-state index in [9.17, 15) is 5.11 Å². The Morgan fingerprint density at radius 3 is 2.60 bits per heavy atom. The molecule has 0 aliphatic carbocycles. The second-order valence-electron chi connectivity index (χ2n) is 8.84. The Labute approximate surface area is 181 Å². The topological polar surface area (TPSA) is 70.5 Å². The van der Waals surface area contributed by atoms with Gasteiger partial charge in [-0.05, 0) is 11.0 Å². The molecule has 1 fully saturated rings. The highest BCUT2D eigenvalue weighted by molar-refractivity contribution is 7.17. The summed E-state index contributed by atoms with van der Waals surface area (Å²) in [5, 5.41) is 17.2. The van der Waals surface area contributed by atoms with E-state index in [0.29, 0.717) is 13.1 Å². The molecule has 7 heteroatoms. The van der Waals surface area contributed by atoms with E-state index < -0.39 is 6.10 Å². The maximum absolute atomic E-state index is 10.6. The molecule has 1 saturated heterocycles. The molecule has 1 aliphatic heterocycles. The van der Waals surface area contributed by atoms with Gasteiger partial charge >= 0.3 is 0 Å². The number of benzene rings is 1. The molecule has 2 N–H and O–H groups in total. The van der Waals surface area contributed by atoms with Crippen LogP contribution in [0.15, 0.2) is 35.7 Å². The zero-order valence-corrected chi connectivity index (χ0v) is 18.7. The molecule has 1 aliphatic rings. The molecule has 1 aromatic carbocycles. The Morgan fingerprint density at radius 2 is 1.90 bits per heavy atom. The maximum atomic E-state index is 10.6. The number of aromatic nitrogens is 2. The van der Waals surface area contributed by atoms with E-state index in [1.165, 1.54) is 0 Å². The van der Waals surface area contributed by atoms with Gasteiger partial charge in [0.05, 0.1) is 31.2 Å². The van der Waals surface area contributed by atoms with Crippen LogP contribution in [0, 0.1) is 5.41 Å². The van der Waals surface area contributed by atoms with Crippen LogP contribution in [0.1, 0.15) is 26.6 Å². The lowest BCUT2D eigenvalue weighted by Gasteiger charge is -2.27. The number of thiophene rings is 1. The smallest absolute Gasteiger partial charge is 0.146 e. The van der Waals surface area contributed by atoms with Crippen molar-refractivity contribution in [2.45, 2.75) is 33.4 Å². The minimum Gasteiger partial charge on any atom is -0.391 e. The Bertz CT molecular complexity index is 978. The molecule has 1 atom stereocenters. The standard InChI is InChI=1S/C23H30N4O2S/c1-23(2,3)18(28)13-24-21-20-17(16-7-5-4-6-8-16)15-30-22(20)26-19(25-21)14-27-9-11-29-12-10-27/h4-8,15,18,28H,9-14H2,1-3H3,(H,24,25,26). The van der Waals surface area contributed by atoms with Gasteiger partial charge in [0, 0.05) is 30.6 Å². The van der Waals surface area contributed by atoms with Crippen LogP contribution in [-0.2, 0) is 11.3 Å². The number of hydrogen-bond donors (Lipinski definition) is 2. The van der Waals surface area contributed by atoms with Gasteiger partial charge in [0.2, 0.25) is 0 Å². The summed E-state index contributed by atoms with van der Waals surface area (Å²) in [6.45, 7) is 10.6. The molecule has 0 saturated carbocycles. The predicted molar refractivity (Wildman–Crippen MR) is 123 cm³/mol. The first kappa shape index (κ1) is 21.2. The number of nitrogens with one attached hydrogen (secondary N) is 1. The largest absolute Gasteiger partial charge is 0.391 e. The summed E-state index contributed by atoms with van der Waals surface area (Å²) in [6, 6.07) is 10.3. The Kier molecular flexibility index (Phi) is 6.34. The molecular weight excluding hydrogens is 396 g/mol. The van der Waals surface area contributed by atoms with Crippen molar-refractivity contribution >= 4 is 27.4 Å². The molecule has 1 unspecified atom stereocenters. The zero-order chi connectivity index (χ0) is 21.1. The molecule has 2 aromatic heterocycles. The average molecular weight is 427 g/mol. The van der Waals surface area contributed by atoms with E-state index in [1.54, 1.807) is 11.3 Å². The molecular formula is C23H30N4O2S. The first-order chi connectivity index (χ1) is 14.4. The van der Waals surface area contributed by atoms with Crippen LogP contribution >= 0.6 is 11.3 Å². The molecule has 4 rings (SSSR count). The van der Waals surface area contributed by atoms with Gasteiger partial charge in [-0.25, -0.2) is 9.97 Å². The summed E-state index contributed by atoms with van der Waals surface area (Å²) in [6.07, 6.45) is -0.482. The third-order valence-corrected chi connectivity index (χ3v) is 6.37. The molecule has 3 aromatic rings. The zero-order valence-electron chi connectivity index (χ0n) is 17.9. The van der Waals surface area contributed by atoms with Crippen LogP contribution in [0.4, 0.5) is 5.82 Å². The highest BCUT2D eigenvalue weighted by atomic mass is 32.1. The molecule has 0 amide bonds. The summed E-state index contributed by atoms with van der Waals surface area (Å²) >= 11 is 1.64. The van der Waals surface area contributed by atoms with E-state index >= 15 is 0 Å². The number of nitrogens with zero attached hydrogens (tertiary/aromatic N) is 3. The van der Waals surface area contributed by atoms with Gasteiger partial charge in [-0.3, -0.25) is 4.90 Å². The van der Waals surface area contributed by atoms with Crippen LogP contribution in [0.3, 0.4) is 0 Å². The van der Waals surface area contributed by atoms with Gasteiger partial charge in [-0.1, -0.05) is 51.1 Å². The summed E-state index contributed by atoms with van der Waals surface area (Å²) in [5.74, 6) is 1.60. The van der Waals surface area contributed by atoms with Crippen molar-refractivity contribution in [3.8, 4) is 11.1 Å². The van der Waals surface area contributed by atoms with E-state index in [1.807, 2.05) is 39.0 Å². The monoisotopic (exact) mass is 426 g/mol. The minimum absolute atomic E-state index is 0.202. The van der Waals surface area contributed by atoms with Crippen molar-refractivity contribution in [1.29, 1.82) is 0 Å². The minimum atomic E-state index is -0.482. The molecule has 30 heavy (non-hydrogen) atoms. The fourth-order valence-corrected chi connectivity index (χ4v) is 4.44. The molecule has 0 bridgehead atoms. The number of ether oxygens (including phenoxy) is 1. The van der Waals surface area contributed by atoms with Crippen molar-refractivity contribution in [3.05, 3.63) is 41.5 Å². The van der Waals surface area contributed by atoms with Crippen molar-refractivity contribution in [1.82, 2.24) is 14.9 Å². The van der Waals surface area contributed by atoms with Gasteiger partial charge in [0.25, 0.3) is 0 Å². The third kappa shape index (κ3) is 4.81. The number of aliphatic hydroxyl groups excluding tert-OH is 1. The molecule has 160 valence electrons. The van der Waals surface area contributed by atoms with E-state index in [2.05, 4.69) is 27.7 Å². The molecule has 0 radical (unpaired) electrons. The van der Waals surface area contributed by atoms with Crippen LogP contribution in [0.25, 0.3) is 21.3 Å². The Hall–Kier alpha value is -2.06. The van der Waals surface area contributed by atoms with Crippen LogP contribution in [0.2, 0.25) is 0 Å². The fraction of sp³-hybridized carbons (Fsp3) is 0.478. The summed E-state index contributed by atoms with van der Waals surface area (Å²) in [7, 11) is 0. The highest BCUT2D eigenvalue weighted by Crippen LogP contribution is 2.37. The highest BCUT2D eigenvalue weighted by Gasteiger charge is 2.23. The normalized spacial score (nSPS) is 16.7. The Morgan fingerprint density at radius 1 is 1.17 bits per heavy atom. The van der Waals surface area contributed by atoms with Crippen LogP contribution in [-0.4, -0.2) is 58.9 Å². The lowest BCUT2D eigenvalue weighted by atomic mass is 9.89. The van der Waals surface area contributed by atoms with Crippen molar-refractivity contribution < 1.29 is 9.84 Å². The second kappa shape index (κ2) is 8.98. The second-order valence-corrected chi connectivity index (χ2v) is 9.69. The number of rotatable bonds is 6.